The molecule has 8 nitrogen and oxygen atoms in total. The van der Waals surface area contributed by atoms with Gasteiger partial charge in [0.05, 0.1) is 6.61 Å². The Morgan fingerprint density at radius 2 is 2.30 bits per heavy atom. The van der Waals surface area contributed by atoms with Crippen LogP contribution in [0.25, 0.3) is 0 Å². The molecule has 0 spiro atoms. The first-order valence-electron chi connectivity index (χ1n) is 5.88. The van der Waals surface area contributed by atoms with Gasteiger partial charge in [0.25, 0.3) is 0 Å². The molecule has 1 aliphatic heterocycles. The van der Waals surface area contributed by atoms with Gasteiger partial charge >= 0.3 is 5.69 Å². The van der Waals surface area contributed by atoms with Crippen LogP contribution in [0.3, 0.4) is 0 Å². The number of aliphatic hydroxyl groups is 3. The Hall–Kier alpha value is -1.55. The minimum Gasteiger partial charge on any atom is -0.393 e. The molecular formula is C11H16FN3O5. The molecule has 20 heavy (non-hydrogen) atoms. The van der Waals surface area contributed by atoms with E-state index in [4.69, 9.17) is 10.5 Å². The van der Waals surface area contributed by atoms with Crippen molar-refractivity contribution >= 4 is 5.82 Å². The fraction of sp³-hybridized carbons (Fsp3) is 0.636. The van der Waals surface area contributed by atoms with Crippen LogP contribution < -0.4 is 11.4 Å². The summed E-state index contributed by atoms with van der Waals surface area (Å²) in [5, 5.41) is 29.5. The number of rotatable bonds is 3. The van der Waals surface area contributed by atoms with E-state index in [2.05, 4.69) is 4.98 Å². The lowest BCUT2D eigenvalue weighted by atomic mass is 9.88. The number of hydrogen-bond acceptors (Lipinski definition) is 7. The molecule has 0 aromatic carbocycles. The van der Waals surface area contributed by atoms with Crippen molar-refractivity contribution in [1.29, 1.82) is 0 Å². The quantitative estimate of drug-likeness (QED) is 0.514. The molecule has 1 aliphatic rings. The van der Waals surface area contributed by atoms with Crippen molar-refractivity contribution in [1.82, 2.24) is 9.55 Å². The molecule has 2 heterocycles. The normalized spacial score (nSPS) is 37.2. The minimum atomic E-state index is -1.99. The molecule has 9 heteroatoms. The maximum absolute atomic E-state index is 13.1. The van der Waals surface area contributed by atoms with Crippen molar-refractivity contribution in [3.63, 3.8) is 0 Å². The Balaban J connectivity index is 2.50. The molecule has 112 valence electrons. The number of halogens is 1. The molecule has 0 aliphatic carbocycles. The van der Waals surface area contributed by atoms with Crippen LogP contribution >= 0.6 is 0 Å². The van der Waals surface area contributed by atoms with E-state index in [-0.39, 0.29) is 5.82 Å². The van der Waals surface area contributed by atoms with Crippen molar-refractivity contribution in [3.8, 4) is 0 Å². The number of nitrogen functional groups attached to an aromatic ring is 1. The standard InChI is InChI=1S/C11H16FN3O5/c1-10(19)7(17)11(4-12,5-16)20-8(10)15-3-2-6(13)14-9(15)18/h2-3,7-8,16-17,19H,4-5H2,1H3,(H2,13,14,18)/t7?,8-,10-,11-/m1/s1. The highest BCUT2D eigenvalue weighted by Gasteiger charge is 2.61. The van der Waals surface area contributed by atoms with Crippen LogP contribution in [-0.2, 0) is 4.74 Å². The number of aromatic nitrogens is 2. The summed E-state index contributed by atoms with van der Waals surface area (Å²) in [6, 6.07) is 1.29. The van der Waals surface area contributed by atoms with Crippen molar-refractivity contribution in [2.24, 2.45) is 0 Å². The van der Waals surface area contributed by atoms with E-state index in [1.54, 1.807) is 0 Å². The fourth-order valence-electron chi connectivity index (χ4n) is 2.29. The van der Waals surface area contributed by atoms with E-state index in [0.29, 0.717) is 0 Å². The van der Waals surface area contributed by atoms with Crippen LogP contribution in [-0.4, -0.2) is 55.5 Å². The molecule has 0 radical (unpaired) electrons. The summed E-state index contributed by atoms with van der Waals surface area (Å²) >= 11 is 0. The van der Waals surface area contributed by atoms with E-state index in [9.17, 15) is 24.5 Å². The summed E-state index contributed by atoms with van der Waals surface area (Å²) in [4.78, 5) is 15.2. The van der Waals surface area contributed by atoms with Crippen molar-refractivity contribution in [3.05, 3.63) is 22.7 Å². The average molecular weight is 289 g/mol. The highest BCUT2D eigenvalue weighted by atomic mass is 19.1. The van der Waals surface area contributed by atoms with Gasteiger partial charge in [0.1, 0.15) is 24.2 Å². The van der Waals surface area contributed by atoms with Crippen LogP contribution in [0.1, 0.15) is 13.2 Å². The van der Waals surface area contributed by atoms with E-state index in [1.807, 2.05) is 0 Å². The Labute approximate surface area is 113 Å². The summed E-state index contributed by atoms with van der Waals surface area (Å²) in [6.45, 7) is -0.902. The minimum absolute atomic E-state index is 0.0247. The first kappa shape index (κ1) is 14.9. The van der Waals surface area contributed by atoms with Gasteiger partial charge in [0, 0.05) is 6.20 Å². The second kappa shape index (κ2) is 4.77. The van der Waals surface area contributed by atoms with Crippen LogP contribution in [0.4, 0.5) is 10.2 Å². The second-order valence-electron chi connectivity index (χ2n) is 5.00. The van der Waals surface area contributed by atoms with E-state index in [1.165, 1.54) is 19.2 Å². The number of alkyl halides is 1. The molecule has 2 rings (SSSR count). The lowest BCUT2D eigenvalue weighted by molar-refractivity contribution is -0.140. The Bertz CT molecular complexity index is 557. The first-order chi connectivity index (χ1) is 9.28. The van der Waals surface area contributed by atoms with Gasteiger partial charge in [-0.15, -0.1) is 0 Å². The van der Waals surface area contributed by atoms with Gasteiger partial charge in [0.15, 0.2) is 11.8 Å². The molecule has 1 unspecified atom stereocenters. The topological polar surface area (TPSA) is 131 Å². The highest BCUT2D eigenvalue weighted by Crippen LogP contribution is 2.43. The molecule has 0 amide bonds. The van der Waals surface area contributed by atoms with Gasteiger partial charge < -0.3 is 25.8 Å². The monoisotopic (exact) mass is 289 g/mol. The molecular weight excluding hydrogens is 273 g/mol. The van der Waals surface area contributed by atoms with Gasteiger partial charge in [0.2, 0.25) is 0 Å². The SMILES string of the molecule is C[C@@]1(O)C(O)[C@](CO)(CF)O[C@H]1n1ccc(N)nc1=O. The third kappa shape index (κ3) is 1.99. The molecule has 1 fully saturated rings. The largest absolute Gasteiger partial charge is 0.393 e. The third-order valence-electron chi connectivity index (χ3n) is 3.50. The maximum atomic E-state index is 13.1. The maximum Gasteiger partial charge on any atom is 0.351 e. The zero-order valence-corrected chi connectivity index (χ0v) is 10.7. The Morgan fingerprint density at radius 1 is 1.65 bits per heavy atom. The van der Waals surface area contributed by atoms with Crippen LogP contribution in [0.15, 0.2) is 17.1 Å². The third-order valence-corrected chi connectivity index (χ3v) is 3.50. The number of hydrogen-bond donors (Lipinski definition) is 4. The van der Waals surface area contributed by atoms with E-state index < -0.39 is 42.5 Å². The van der Waals surface area contributed by atoms with Gasteiger partial charge in [-0.25, -0.2) is 9.18 Å². The van der Waals surface area contributed by atoms with Gasteiger partial charge in [-0.2, -0.15) is 4.98 Å². The summed E-state index contributed by atoms with van der Waals surface area (Å²) in [7, 11) is 0. The predicted molar refractivity (Wildman–Crippen MR) is 65.5 cm³/mol. The van der Waals surface area contributed by atoms with Crippen LogP contribution in [0.5, 0.6) is 0 Å². The number of nitrogens with two attached hydrogens (primary N) is 1. The van der Waals surface area contributed by atoms with Crippen LogP contribution in [0, 0.1) is 0 Å². The van der Waals surface area contributed by atoms with Gasteiger partial charge in [-0.3, -0.25) is 4.57 Å². The summed E-state index contributed by atoms with van der Waals surface area (Å²) in [5.41, 5.74) is 0.545. The van der Waals surface area contributed by atoms with Crippen molar-refractivity contribution in [2.45, 2.75) is 30.5 Å². The molecule has 0 saturated carbocycles. The summed E-state index contributed by atoms with van der Waals surface area (Å²) in [6.07, 6.45) is -1.91. The molecule has 0 bridgehead atoms. The van der Waals surface area contributed by atoms with E-state index in [0.717, 1.165) is 4.57 Å². The van der Waals surface area contributed by atoms with E-state index >= 15 is 0 Å². The number of nitrogens with zero attached hydrogens (tertiary/aromatic N) is 2. The number of aliphatic hydroxyl groups excluding tert-OH is 2. The molecule has 4 atom stereocenters. The average Bonchev–Trinajstić information content (AvgIpc) is 2.60. The second-order valence-corrected chi connectivity index (χ2v) is 5.00. The van der Waals surface area contributed by atoms with Gasteiger partial charge in [-0.1, -0.05) is 0 Å². The predicted octanol–water partition coefficient (Wildman–Crippen LogP) is -1.83. The first-order valence-corrected chi connectivity index (χ1v) is 5.88. The highest BCUT2D eigenvalue weighted by molar-refractivity contribution is 5.24. The zero-order valence-electron chi connectivity index (χ0n) is 10.7. The molecule has 5 N–H and O–H groups in total. The van der Waals surface area contributed by atoms with Crippen molar-refractivity contribution < 1.29 is 24.4 Å². The molecule has 1 saturated heterocycles. The van der Waals surface area contributed by atoms with Gasteiger partial charge in [-0.05, 0) is 13.0 Å². The lowest BCUT2D eigenvalue weighted by Gasteiger charge is -2.29. The zero-order chi connectivity index (χ0) is 15.1. The smallest absolute Gasteiger partial charge is 0.351 e. The Kier molecular flexibility index (Phi) is 3.54. The van der Waals surface area contributed by atoms with Crippen LogP contribution in [0.2, 0.25) is 0 Å². The summed E-state index contributed by atoms with van der Waals surface area (Å²) < 4.78 is 19.2. The molecule has 1 aromatic heterocycles. The number of ether oxygens (including phenoxy) is 1. The lowest BCUT2D eigenvalue weighted by Crippen LogP contribution is -2.52. The van der Waals surface area contributed by atoms with Crippen molar-refractivity contribution in [2.75, 3.05) is 19.0 Å². The summed E-state index contributed by atoms with van der Waals surface area (Å²) in [5.74, 6) is -0.0247. The molecule has 1 aromatic rings. The Morgan fingerprint density at radius 3 is 2.75 bits per heavy atom. The fourth-order valence-corrected chi connectivity index (χ4v) is 2.29. The number of anilines is 1.